The molecule has 0 radical (unpaired) electrons. The van der Waals surface area contributed by atoms with Gasteiger partial charge in [-0.15, -0.1) is 0 Å². The largest absolute Gasteiger partial charge is 0.433 e. The van der Waals surface area contributed by atoms with E-state index in [1.807, 2.05) is 18.7 Å². The Hall–Kier alpha value is -2.73. The maximum atomic E-state index is 14.6. The van der Waals surface area contributed by atoms with Crippen molar-refractivity contribution in [3.05, 3.63) is 53.0 Å². The van der Waals surface area contributed by atoms with Gasteiger partial charge in [-0.05, 0) is 55.0 Å². The Balaban J connectivity index is 2.41. The summed E-state index contributed by atoms with van der Waals surface area (Å²) in [7, 11) is 1.24. The van der Waals surface area contributed by atoms with Crippen LogP contribution in [0.25, 0.3) is 0 Å². The highest BCUT2D eigenvalue weighted by molar-refractivity contribution is 7.80. The zero-order chi connectivity index (χ0) is 27.8. The van der Waals surface area contributed by atoms with Gasteiger partial charge in [-0.25, -0.2) is 13.6 Å². The van der Waals surface area contributed by atoms with Gasteiger partial charge in [0.05, 0.1) is 11.6 Å². The van der Waals surface area contributed by atoms with Crippen LogP contribution in [0.5, 0.6) is 0 Å². The number of hydrogen-bond acceptors (Lipinski definition) is 4. The number of unbranched alkanes of at least 4 members (excludes halogenated alkanes) is 2. The summed E-state index contributed by atoms with van der Waals surface area (Å²) in [6.07, 6.45) is -1.01. The number of hydrogen-bond donors (Lipinski definition) is 2. The number of aryl methyl sites for hydroxylation is 1. The summed E-state index contributed by atoms with van der Waals surface area (Å²) < 4.78 is 76.3. The minimum atomic E-state index is -4.60. The molecule has 0 aliphatic rings. The fourth-order valence-electron chi connectivity index (χ4n) is 3.98. The molecule has 0 bridgehead atoms. The lowest BCUT2D eigenvalue weighted by Gasteiger charge is -2.27. The van der Waals surface area contributed by atoms with E-state index in [2.05, 4.69) is 4.98 Å². The quantitative estimate of drug-likeness (QED) is 0.244. The second kappa shape index (κ2) is 13.7. The second-order valence-corrected chi connectivity index (χ2v) is 9.81. The van der Waals surface area contributed by atoms with Crippen LogP contribution in [0.2, 0.25) is 0 Å². The van der Waals surface area contributed by atoms with Gasteiger partial charge < -0.3 is 10.6 Å². The van der Waals surface area contributed by atoms with E-state index in [0.717, 1.165) is 42.1 Å². The summed E-state index contributed by atoms with van der Waals surface area (Å²) >= 11 is -2.44. The molecule has 2 rings (SSSR count). The first-order chi connectivity index (χ1) is 17.4. The van der Waals surface area contributed by atoms with Gasteiger partial charge in [0.1, 0.15) is 17.3 Å². The van der Waals surface area contributed by atoms with Crippen LogP contribution in [0.15, 0.2) is 30.3 Å². The van der Waals surface area contributed by atoms with Gasteiger partial charge in [-0.3, -0.25) is 13.7 Å². The SMILES string of the molecule is CCCCN(CCCC)c1nc(C(F)(F)F)ccc1CCC(C(N)=O)c1ccc(N(C)S(=O)O)c(F)c1. The van der Waals surface area contributed by atoms with E-state index in [4.69, 9.17) is 5.73 Å². The van der Waals surface area contributed by atoms with Gasteiger partial charge in [0, 0.05) is 20.1 Å². The molecule has 12 heteroatoms. The number of nitrogens with two attached hydrogens (primary N) is 1. The van der Waals surface area contributed by atoms with Crippen molar-refractivity contribution in [1.82, 2.24) is 4.98 Å². The maximum Gasteiger partial charge on any atom is 0.433 e. The number of nitrogens with zero attached hydrogens (tertiary/aromatic N) is 3. The summed E-state index contributed by atoms with van der Waals surface area (Å²) in [6, 6.07) is 6.10. The van der Waals surface area contributed by atoms with E-state index < -0.39 is 40.8 Å². The fraction of sp³-hybridized carbons (Fsp3) is 0.520. The number of anilines is 2. The lowest BCUT2D eigenvalue weighted by Crippen LogP contribution is -2.29. The van der Waals surface area contributed by atoms with Crippen LogP contribution in [-0.2, 0) is 28.7 Å². The molecule has 1 aromatic heterocycles. The van der Waals surface area contributed by atoms with E-state index in [0.29, 0.717) is 18.7 Å². The molecule has 0 saturated carbocycles. The van der Waals surface area contributed by atoms with Crippen LogP contribution in [0.1, 0.15) is 68.7 Å². The molecule has 0 fully saturated rings. The van der Waals surface area contributed by atoms with Crippen LogP contribution in [0.3, 0.4) is 0 Å². The number of pyridine rings is 1. The molecule has 1 heterocycles. The molecule has 2 unspecified atom stereocenters. The van der Waals surface area contributed by atoms with E-state index in [1.165, 1.54) is 25.2 Å². The molecule has 2 atom stereocenters. The smallest absolute Gasteiger partial charge is 0.369 e. The molecule has 0 aliphatic carbocycles. The van der Waals surface area contributed by atoms with Gasteiger partial charge in [0.25, 0.3) is 11.3 Å². The van der Waals surface area contributed by atoms with E-state index >= 15 is 0 Å². The summed E-state index contributed by atoms with van der Waals surface area (Å²) in [5, 5.41) is 0. The molecule has 37 heavy (non-hydrogen) atoms. The number of carbonyl (C=O) groups is 1. The number of halogens is 4. The summed E-state index contributed by atoms with van der Waals surface area (Å²) in [4.78, 5) is 18.1. The molecule has 2 aromatic rings. The predicted octanol–water partition coefficient (Wildman–Crippen LogP) is 5.42. The Kier molecular flexibility index (Phi) is 11.3. The van der Waals surface area contributed by atoms with Crippen molar-refractivity contribution in [3.8, 4) is 0 Å². The van der Waals surface area contributed by atoms with Crippen LogP contribution < -0.4 is 14.9 Å². The number of rotatable bonds is 14. The Bertz CT molecular complexity index is 1080. The average Bonchev–Trinajstić information content (AvgIpc) is 2.83. The zero-order valence-corrected chi connectivity index (χ0v) is 22.0. The Morgan fingerprint density at radius 2 is 1.76 bits per heavy atom. The van der Waals surface area contributed by atoms with Gasteiger partial charge in [0.2, 0.25) is 5.91 Å². The highest BCUT2D eigenvalue weighted by Gasteiger charge is 2.34. The average molecular weight is 547 g/mol. The Morgan fingerprint density at radius 3 is 2.24 bits per heavy atom. The first-order valence-electron chi connectivity index (χ1n) is 12.2. The third kappa shape index (κ3) is 8.39. The van der Waals surface area contributed by atoms with Crippen LogP contribution in [-0.4, -0.2) is 39.8 Å². The van der Waals surface area contributed by atoms with Crippen molar-refractivity contribution in [2.75, 3.05) is 29.3 Å². The monoisotopic (exact) mass is 546 g/mol. The molecule has 1 aromatic carbocycles. The molecular weight excluding hydrogens is 512 g/mol. The van der Waals surface area contributed by atoms with Crippen molar-refractivity contribution < 1.29 is 31.1 Å². The highest BCUT2D eigenvalue weighted by Crippen LogP contribution is 2.33. The number of primary amides is 1. The topological polar surface area (TPSA) is 99.8 Å². The van der Waals surface area contributed by atoms with Gasteiger partial charge in [0.15, 0.2) is 0 Å². The number of carbonyl (C=O) groups excluding carboxylic acids is 1. The fourth-order valence-corrected chi connectivity index (χ4v) is 4.29. The Labute approximate surface area is 217 Å². The van der Waals surface area contributed by atoms with E-state index in [-0.39, 0.29) is 29.9 Å². The highest BCUT2D eigenvalue weighted by atomic mass is 32.2. The molecule has 0 spiro atoms. The molecular formula is C25H34F4N4O3S. The van der Waals surface area contributed by atoms with Crippen molar-refractivity contribution in [2.45, 2.75) is 64.5 Å². The summed E-state index contributed by atoms with van der Waals surface area (Å²) in [5.74, 6) is -2.23. The van der Waals surface area contributed by atoms with E-state index in [1.54, 1.807) is 0 Å². The minimum Gasteiger partial charge on any atom is -0.369 e. The third-order valence-electron chi connectivity index (χ3n) is 6.10. The maximum absolute atomic E-state index is 14.6. The molecule has 206 valence electrons. The lowest BCUT2D eigenvalue weighted by atomic mass is 9.91. The van der Waals surface area contributed by atoms with E-state index in [9.17, 15) is 31.1 Å². The standard InChI is InChI=1S/C25H34F4N4O3S/c1-4-6-14-33(15-7-5-2)24-17(10-13-22(31-24)25(27,28)29)8-11-19(23(30)34)18-9-12-21(20(26)16-18)32(3)37(35)36/h9-10,12-13,16,19H,4-8,11,14-15H2,1-3H3,(H2,30,34)(H,35,36). The van der Waals surface area contributed by atoms with Crippen molar-refractivity contribution in [3.63, 3.8) is 0 Å². The molecule has 7 nitrogen and oxygen atoms in total. The van der Waals surface area contributed by atoms with Gasteiger partial charge >= 0.3 is 6.18 Å². The van der Waals surface area contributed by atoms with Crippen molar-refractivity contribution in [2.24, 2.45) is 5.73 Å². The Morgan fingerprint density at radius 1 is 1.14 bits per heavy atom. The number of aromatic nitrogens is 1. The number of alkyl halides is 3. The van der Waals surface area contributed by atoms with Gasteiger partial charge in [-0.2, -0.15) is 13.2 Å². The summed E-state index contributed by atoms with van der Waals surface area (Å²) in [5.41, 5.74) is 5.29. The summed E-state index contributed by atoms with van der Waals surface area (Å²) in [6.45, 7) is 5.08. The third-order valence-corrected chi connectivity index (χ3v) is 6.77. The lowest BCUT2D eigenvalue weighted by molar-refractivity contribution is -0.141. The van der Waals surface area contributed by atoms with Crippen LogP contribution >= 0.6 is 0 Å². The normalized spacial score (nSPS) is 13.3. The van der Waals surface area contributed by atoms with Crippen LogP contribution in [0.4, 0.5) is 29.1 Å². The second-order valence-electron chi connectivity index (χ2n) is 8.80. The van der Waals surface area contributed by atoms with Crippen molar-refractivity contribution in [1.29, 1.82) is 0 Å². The molecule has 3 N–H and O–H groups in total. The number of benzene rings is 1. The molecule has 1 amide bonds. The number of amides is 1. The zero-order valence-electron chi connectivity index (χ0n) is 21.2. The first-order valence-corrected chi connectivity index (χ1v) is 13.2. The van der Waals surface area contributed by atoms with Gasteiger partial charge in [-0.1, -0.05) is 38.8 Å². The molecule has 0 aliphatic heterocycles. The minimum absolute atomic E-state index is 0.116. The first kappa shape index (κ1) is 30.5. The predicted molar refractivity (Wildman–Crippen MR) is 137 cm³/mol. The molecule has 0 saturated heterocycles. The van der Waals surface area contributed by atoms with Crippen LogP contribution in [0, 0.1) is 5.82 Å². The van der Waals surface area contributed by atoms with Crippen molar-refractivity contribution >= 4 is 28.7 Å².